The molecule has 3 aromatic rings. The molecule has 2 heterocycles. The molecule has 0 saturated carbocycles. The molecule has 2 N–H and O–H groups in total. The number of nitrogens with zero attached hydrogens (tertiary/aromatic N) is 3. The largest absolute Gasteiger partial charge is 0.331 e. The maximum Gasteiger partial charge on any atom is 0.319 e. The lowest BCUT2D eigenvalue weighted by molar-refractivity contribution is 0.251. The molecule has 7 heteroatoms. The van der Waals surface area contributed by atoms with Gasteiger partial charge < -0.3 is 10.6 Å². The van der Waals surface area contributed by atoms with E-state index < -0.39 is 0 Å². The van der Waals surface area contributed by atoms with Crippen LogP contribution in [-0.4, -0.2) is 20.8 Å². The lowest BCUT2D eigenvalue weighted by Gasteiger charge is -2.04. The molecule has 21 heavy (non-hydrogen) atoms. The Morgan fingerprint density at radius 2 is 2.19 bits per heavy atom. The number of rotatable bonds is 3. The molecule has 0 radical (unpaired) electrons. The van der Waals surface area contributed by atoms with Crippen molar-refractivity contribution in [1.82, 2.24) is 20.1 Å². The molecule has 0 aliphatic heterocycles. The fourth-order valence-corrected chi connectivity index (χ4v) is 2.95. The molecule has 0 aliphatic rings. The standard InChI is InChI=1S/C14H15N5OS/c1-9-11(8-19(2)18-9)17-14(20)15-7-13-16-10-5-3-4-6-12(10)21-13/h3-6,8H,7H2,1-2H3,(H2,15,17,20). The van der Waals surface area contributed by atoms with Gasteiger partial charge in [0.2, 0.25) is 0 Å². The number of para-hydroxylation sites is 1. The first-order valence-electron chi connectivity index (χ1n) is 6.51. The van der Waals surface area contributed by atoms with E-state index in [2.05, 4.69) is 20.7 Å². The summed E-state index contributed by atoms with van der Waals surface area (Å²) in [6.07, 6.45) is 1.77. The highest BCUT2D eigenvalue weighted by Crippen LogP contribution is 2.21. The summed E-state index contributed by atoms with van der Waals surface area (Å²) >= 11 is 1.58. The molecular formula is C14H15N5OS. The van der Waals surface area contributed by atoms with Crippen LogP contribution in [0.5, 0.6) is 0 Å². The number of fused-ring (bicyclic) bond motifs is 1. The molecule has 0 bridgehead atoms. The number of benzene rings is 1. The molecular weight excluding hydrogens is 286 g/mol. The summed E-state index contributed by atoms with van der Waals surface area (Å²) in [6, 6.07) is 7.67. The number of anilines is 1. The number of hydrogen-bond acceptors (Lipinski definition) is 4. The lowest BCUT2D eigenvalue weighted by atomic mass is 10.3. The first kappa shape index (κ1) is 13.6. The predicted molar refractivity (Wildman–Crippen MR) is 83.4 cm³/mol. The number of carbonyl (C=O) groups is 1. The number of thiazole rings is 1. The van der Waals surface area contributed by atoms with Crippen LogP contribution in [0, 0.1) is 6.92 Å². The van der Waals surface area contributed by atoms with Crippen LogP contribution in [0.15, 0.2) is 30.5 Å². The summed E-state index contributed by atoms with van der Waals surface area (Å²) in [5.41, 5.74) is 2.45. The van der Waals surface area contributed by atoms with E-state index in [9.17, 15) is 4.79 Å². The highest BCUT2D eigenvalue weighted by molar-refractivity contribution is 7.18. The predicted octanol–water partition coefficient (Wildman–Crippen LogP) is 2.66. The molecule has 0 saturated heterocycles. The van der Waals surface area contributed by atoms with Crippen molar-refractivity contribution in [3.05, 3.63) is 41.2 Å². The third kappa shape index (κ3) is 3.03. The minimum atomic E-state index is -0.259. The van der Waals surface area contributed by atoms with Gasteiger partial charge in [-0.1, -0.05) is 12.1 Å². The van der Waals surface area contributed by atoms with E-state index in [1.165, 1.54) is 0 Å². The Hall–Kier alpha value is -2.41. The topological polar surface area (TPSA) is 71.8 Å². The fourth-order valence-electron chi connectivity index (χ4n) is 2.04. The molecule has 2 amide bonds. The second-order valence-corrected chi connectivity index (χ2v) is 5.80. The Morgan fingerprint density at radius 3 is 2.90 bits per heavy atom. The summed E-state index contributed by atoms with van der Waals surface area (Å²) < 4.78 is 2.79. The van der Waals surface area contributed by atoms with Crippen molar-refractivity contribution < 1.29 is 4.79 Å². The van der Waals surface area contributed by atoms with Gasteiger partial charge in [0, 0.05) is 13.2 Å². The van der Waals surface area contributed by atoms with Gasteiger partial charge in [-0.2, -0.15) is 5.10 Å². The van der Waals surface area contributed by atoms with E-state index in [1.807, 2.05) is 38.2 Å². The number of amides is 2. The van der Waals surface area contributed by atoms with Crippen molar-refractivity contribution in [2.75, 3.05) is 5.32 Å². The second-order valence-electron chi connectivity index (χ2n) is 4.68. The summed E-state index contributed by atoms with van der Waals surface area (Å²) in [5, 5.41) is 10.6. The first-order chi connectivity index (χ1) is 10.1. The van der Waals surface area contributed by atoms with Gasteiger partial charge in [0.25, 0.3) is 0 Å². The number of carbonyl (C=O) groups excluding carboxylic acids is 1. The minimum Gasteiger partial charge on any atom is -0.331 e. The Balaban J connectivity index is 1.61. The molecule has 1 aromatic carbocycles. The molecule has 108 valence electrons. The first-order valence-corrected chi connectivity index (χ1v) is 7.33. The fraction of sp³-hybridized carbons (Fsp3) is 0.214. The van der Waals surface area contributed by atoms with Crippen molar-refractivity contribution in [2.24, 2.45) is 7.05 Å². The number of aromatic nitrogens is 3. The number of aryl methyl sites for hydroxylation is 2. The van der Waals surface area contributed by atoms with E-state index in [0.29, 0.717) is 12.2 Å². The van der Waals surface area contributed by atoms with Crippen LogP contribution in [0.25, 0.3) is 10.2 Å². The van der Waals surface area contributed by atoms with Gasteiger partial charge in [0.1, 0.15) is 5.01 Å². The summed E-state index contributed by atoms with van der Waals surface area (Å²) in [5.74, 6) is 0. The van der Waals surface area contributed by atoms with Crippen molar-refractivity contribution in [1.29, 1.82) is 0 Å². The average molecular weight is 301 g/mol. The summed E-state index contributed by atoms with van der Waals surface area (Å²) in [7, 11) is 1.82. The molecule has 0 fully saturated rings. The Bertz CT molecular complexity index is 759. The van der Waals surface area contributed by atoms with Crippen LogP contribution in [0.1, 0.15) is 10.7 Å². The van der Waals surface area contributed by atoms with E-state index >= 15 is 0 Å². The van der Waals surface area contributed by atoms with Gasteiger partial charge in [-0.25, -0.2) is 9.78 Å². The van der Waals surface area contributed by atoms with Crippen molar-refractivity contribution in [2.45, 2.75) is 13.5 Å². The molecule has 0 atom stereocenters. The second kappa shape index (κ2) is 5.53. The highest BCUT2D eigenvalue weighted by atomic mass is 32.1. The molecule has 6 nitrogen and oxygen atoms in total. The van der Waals surface area contributed by atoms with E-state index in [4.69, 9.17) is 0 Å². The third-order valence-electron chi connectivity index (χ3n) is 3.00. The normalized spacial score (nSPS) is 10.8. The smallest absolute Gasteiger partial charge is 0.319 e. The molecule has 0 spiro atoms. The van der Waals surface area contributed by atoms with E-state index in [-0.39, 0.29) is 6.03 Å². The third-order valence-corrected chi connectivity index (χ3v) is 4.04. The maximum atomic E-state index is 11.9. The average Bonchev–Trinajstić information content (AvgIpc) is 2.99. The number of hydrogen-bond donors (Lipinski definition) is 2. The molecule has 3 rings (SSSR count). The zero-order valence-electron chi connectivity index (χ0n) is 11.8. The van der Waals surface area contributed by atoms with Crippen LogP contribution in [-0.2, 0) is 13.6 Å². The van der Waals surface area contributed by atoms with Gasteiger partial charge in [0.15, 0.2) is 0 Å². The Morgan fingerprint density at radius 1 is 1.38 bits per heavy atom. The number of urea groups is 1. The highest BCUT2D eigenvalue weighted by Gasteiger charge is 2.08. The Labute approximate surface area is 125 Å². The summed E-state index contributed by atoms with van der Waals surface area (Å²) in [6.45, 7) is 2.26. The van der Waals surface area contributed by atoms with E-state index in [1.54, 1.807) is 22.2 Å². The van der Waals surface area contributed by atoms with Gasteiger partial charge in [-0.05, 0) is 19.1 Å². The van der Waals surface area contributed by atoms with Crippen molar-refractivity contribution in [3.8, 4) is 0 Å². The van der Waals surface area contributed by atoms with Gasteiger partial charge >= 0.3 is 6.03 Å². The minimum absolute atomic E-state index is 0.259. The zero-order chi connectivity index (χ0) is 14.8. The molecule has 0 aliphatic carbocycles. The van der Waals surface area contributed by atoms with E-state index in [0.717, 1.165) is 20.9 Å². The van der Waals surface area contributed by atoms with Crippen molar-refractivity contribution in [3.63, 3.8) is 0 Å². The van der Waals surface area contributed by atoms with Crippen LogP contribution in [0.4, 0.5) is 10.5 Å². The summed E-state index contributed by atoms with van der Waals surface area (Å²) in [4.78, 5) is 16.4. The molecule has 2 aromatic heterocycles. The zero-order valence-corrected chi connectivity index (χ0v) is 12.6. The van der Waals surface area contributed by atoms with Crippen LogP contribution < -0.4 is 10.6 Å². The van der Waals surface area contributed by atoms with Gasteiger partial charge in [-0.15, -0.1) is 11.3 Å². The van der Waals surface area contributed by atoms with Crippen LogP contribution >= 0.6 is 11.3 Å². The lowest BCUT2D eigenvalue weighted by Crippen LogP contribution is -2.28. The quantitative estimate of drug-likeness (QED) is 0.781. The van der Waals surface area contributed by atoms with Gasteiger partial charge in [0.05, 0.1) is 28.1 Å². The van der Waals surface area contributed by atoms with Crippen molar-refractivity contribution >= 4 is 33.3 Å². The van der Waals surface area contributed by atoms with Crippen LogP contribution in [0.3, 0.4) is 0 Å². The van der Waals surface area contributed by atoms with Crippen LogP contribution in [0.2, 0.25) is 0 Å². The SMILES string of the molecule is Cc1nn(C)cc1NC(=O)NCc1nc2ccccc2s1. The maximum absolute atomic E-state index is 11.9. The Kier molecular flexibility index (Phi) is 3.57. The van der Waals surface area contributed by atoms with Gasteiger partial charge in [-0.3, -0.25) is 4.68 Å². The molecule has 0 unspecified atom stereocenters. The monoisotopic (exact) mass is 301 g/mol. The number of nitrogens with one attached hydrogen (secondary N) is 2.